The van der Waals surface area contributed by atoms with Crippen LogP contribution in [0.5, 0.6) is 5.88 Å². The molecule has 0 amide bonds. The molecule has 5 fully saturated rings. The summed E-state index contributed by atoms with van der Waals surface area (Å²) in [4.78, 5) is 15.2. The summed E-state index contributed by atoms with van der Waals surface area (Å²) < 4.78 is 71.2. The number of carboxylic acid groups (broad SMARTS) is 1. The molecule has 360 valence electrons. The fraction of sp³-hybridized carbons (Fsp3) is 0.731. The second kappa shape index (κ2) is 16.5. The number of aryl methyl sites for hydroxylation is 1. The number of fused-ring (bicyclic) bond motifs is 7. The van der Waals surface area contributed by atoms with Gasteiger partial charge in [-0.05, 0) is 152 Å². The van der Waals surface area contributed by atoms with Crippen molar-refractivity contribution in [2.45, 2.75) is 130 Å². The van der Waals surface area contributed by atoms with Gasteiger partial charge in [0.25, 0.3) is 0 Å². The fourth-order valence-corrected chi connectivity index (χ4v) is 17.8. The van der Waals surface area contributed by atoms with Crippen LogP contribution in [0.25, 0.3) is 0 Å². The van der Waals surface area contributed by atoms with E-state index in [0.29, 0.717) is 54.3 Å². The van der Waals surface area contributed by atoms with Crippen LogP contribution in [-0.2, 0) is 27.9 Å². The van der Waals surface area contributed by atoms with Crippen LogP contribution in [0.2, 0.25) is 0 Å². The molecule has 1 saturated heterocycles. The SMILES string of the molecule is C=CCC12CC[C@]3(C)C(CC[C@@H]4C5[C@H](C(=C)C)CC[C@]5(NCCN5CCS(=O)(=O)CC5)CC[C@]43C=C)[C@@]1(C)CC=C(C1=CCC(COc3cc(C(F)(F)F)n(C)n3)(C(=O)O)CC1)C2(C)C. The second-order valence-electron chi connectivity index (χ2n) is 22.7. The average Bonchev–Trinajstić information content (AvgIpc) is 3.83. The molecule has 2 N–H and O–H groups in total. The Morgan fingerprint density at radius 1 is 1.00 bits per heavy atom. The summed E-state index contributed by atoms with van der Waals surface area (Å²) in [5, 5.41) is 18.6. The quantitative estimate of drug-likeness (QED) is 0.188. The molecule has 13 heteroatoms. The number of alkyl halides is 3. The molecule has 8 rings (SSSR count). The van der Waals surface area contributed by atoms with Crippen molar-refractivity contribution in [3.05, 3.63) is 72.5 Å². The lowest BCUT2D eigenvalue weighted by molar-refractivity contribution is -0.242. The Morgan fingerprint density at radius 2 is 1.72 bits per heavy atom. The Morgan fingerprint density at radius 3 is 2.32 bits per heavy atom. The first-order valence-corrected chi connectivity index (χ1v) is 26.2. The van der Waals surface area contributed by atoms with Gasteiger partial charge in [0.1, 0.15) is 17.7 Å². The second-order valence-corrected chi connectivity index (χ2v) is 25.0. The van der Waals surface area contributed by atoms with Crippen LogP contribution in [-0.4, -0.2) is 84.0 Å². The minimum atomic E-state index is -4.60. The average molecular weight is 925 g/mol. The molecule has 4 unspecified atom stereocenters. The molecule has 0 spiro atoms. The molecule has 7 aliphatic rings. The number of ether oxygens (including phenoxy) is 1. The fourth-order valence-electron chi connectivity index (χ4n) is 16.5. The van der Waals surface area contributed by atoms with Crippen LogP contribution >= 0.6 is 0 Å². The topological polar surface area (TPSA) is 114 Å². The lowest BCUT2D eigenvalue weighted by Gasteiger charge is -2.76. The Kier molecular flexibility index (Phi) is 12.3. The number of carbonyl (C=O) groups is 1. The smallest absolute Gasteiger partial charge is 0.433 e. The zero-order valence-corrected chi connectivity index (χ0v) is 40.7. The van der Waals surface area contributed by atoms with Crippen molar-refractivity contribution in [2.24, 2.45) is 63.2 Å². The van der Waals surface area contributed by atoms with E-state index in [1.54, 1.807) is 0 Å². The van der Waals surface area contributed by atoms with Crippen molar-refractivity contribution < 1.29 is 36.2 Å². The Labute approximate surface area is 386 Å². The number of halogens is 3. The number of nitrogens with one attached hydrogen (secondary N) is 1. The maximum atomic E-state index is 13.5. The van der Waals surface area contributed by atoms with Gasteiger partial charge in [-0.15, -0.1) is 18.3 Å². The van der Waals surface area contributed by atoms with E-state index in [1.807, 2.05) is 0 Å². The highest BCUT2D eigenvalue weighted by atomic mass is 32.2. The first-order valence-electron chi connectivity index (χ1n) is 24.4. The predicted octanol–water partition coefficient (Wildman–Crippen LogP) is 10.4. The van der Waals surface area contributed by atoms with Gasteiger partial charge in [0, 0.05) is 44.8 Å². The van der Waals surface area contributed by atoms with Crippen LogP contribution in [0.15, 0.2) is 66.8 Å². The normalized spacial score (nSPS) is 40.0. The van der Waals surface area contributed by atoms with Gasteiger partial charge in [0.15, 0.2) is 9.84 Å². The predicted molar refractivity (Wildman–Crippen MR) is 250 cm³/mol. The van der Waals surface area contributed by atoms with E-state index in [0.717, 1.165) is 83.4 Å². The Balaban J connectivity index is 1.06. The zero-order chi connectivity index (χ0) is 47.2. The van der Waals surface area contributed by atoms with Gasteiger partial charge in [-0.1, -0.05) is 64.2 Å². The molecule has 6 aliphatic carbocycles. The number of hydrogen-bond donors (Lipinski definition) is 2. The van der Waals surface area contributed by atoms with Crippen molar-refractivity contribution in [2.75, 3.05) is 44.3 Å². The van der Waals surface area contributed by atoms with E-state index in [1.165, 1.54) is 23.8 Å². The van der Waals surface area contributed by atoms with Gasteiger partial charge in [0.2, 0.25) is 5.88 Å². The lowest BCUT2D eigenvalue weighted by atomic mass is 9.28. The number of rotatable bonds is 13. The molecule has 0 aromatic carbocycles. The molecule has 65 heavy (non-hydrogen) atoms. The van der Waals surface area contributed by atoms with Crippen molar-refractivity contribution in [1.29, 1.82) is 0 Å². The number of aromatic nitrogens is 2. The van der Waals surface area contributed by atoms with Gasteiger partial charge in [-0.25, -0.2) is 8.42 Å². The summed E-state index contributed by atoms with van der Waals surface area (Å²) in [5.41, 5.74) is 1.10. The Bertz CT molecular complexity index is 2250. The molecule has 0 radical (unpaired) electrons. The maximum absolute atomic E-state index is 13.5. The van der Waals surface area contributed by atoms with Crippen molar-refractivity contribution in [1.82, 2.24) is 20.0 Å². The highest BCUT2D eigenvalue weighted by Gasteiger charge is 2.74. The summed E-state index contributed by atoms with van der Waals surface area (Å²) in [6, 6.07) is 0.827. The molecule has 10 atom stereocenters. The summed E-state index contributed by atoms with van der Waals surface area (Å²) in [7, 11) is -1.73. The number of carboxylic acids is 1. The van der Waals surface area contributed by atoms with Crippen LogP contribution in [0, 0.1) is 56.2 Å². The number of sulfone groups is 1. The molecule has 9 nitrogen and oxygen atoms in total. The third kappa shape index (κ3) is 7.39. The van der Waals surface area contributed by atoms with E-state index < -0.39 is 33.1 Å². The van der Waals surface area contributed by atoms with Gasteiger partial charge in [-0.2, -0.15) is 13.2 Å². The van der Waals surface area contributed by atoms with Gasteiger partial charge in [0.05, 0.1) is 11.5 Å². The van der Waals surface area contributed by atoms with Crippen LogP contribution in [0.3, 0.4) is 0 Å². The van der Waals surface area contributed by atoms with Crippen molar-refractivity contribution >= 4 is 15.8 Å². The third-order valence-corrected chi connectivity index (χ3v) is 21.7. The minimum Gasteiger partial charge on any atom is -0.481 e. The molecular weight excluding hydrogens is 850 g/mol. The van der Waals surface area contributed by atoms with E-state index in [4.69, 9.17) is 11.3 Å². The van der Waals surface area contributed by atoms with E-state index in [-0.39, 0.29) is 63.0 Å². The number of hydrogen-bond acceptors (Lipinski definition) is 7. The van der Waals surface area contributed by atoms with Crippen LogP contribution in [0.1, 0.15) is 124 Å². The number of nitrogens with zero attached hydrogens (tertiary/aromatic N) is 3. The number of aliphatic carboxylic acids is 1. The monoisotopic (exact) mass is 925 g/mol. The Hall–Kier alpha value is -3.16. The standard InChI is InChI=1S/C52H75F3N4O5S/c1-10-18-51-26-23-46(7)40(13-12-39-43-37(35(3)4)16-22-50(43,25-24-49(39,46)11-2)56-27-28-59-29-31-65(62,63)32-30-59)47(51,8)19-17-38(45(51,5)6)36-14-20-48(21-15-36,44(60)61)34-64-42-33-41(52(53,54)55)58(9)57-42/h10-11,14,17,33,37,39-40,43,56H,1-3,12-13,15-16,18-32,34H2,4-9H3,(H,60,61)/t37-,39+,40?,43?,46+,47+,48?,49+,50-,51?/m0/s1. The van der Waals surface area contributed by atoms with Gasteiger partial charge in [-0.3, -0.25) is 9.48 Å². The van der Waals surface area contributed by atoms with E-state index in [9.17, 15) is 31.5 Å². The molecule has 2 heterocycles. The largest absolute Gasteiger partial charge is 0.481 e. The zero-order valence-electron chi connectivity index (χ0n) is 39.9. The van der Waals surface area contributed by atoms with Crippen molar-refractivity contribution in [3.63, 3.8) is 0 Å². The van der Waals surface area contributed by atoms with E-state index >= 15 is 0 Å². The first-order chi connectivity index (χ1) is 30.4. The summed E-state index contributed by atoms with van der Waals surface area (Å²) in [6.45, 7) is 28.7. The lowest BCUT2D eigenvalue weighted by Crippen LogP contribution is -2.70. The highest BCUT2D eigenvalue weighted by molar-refractivity contribution is 7.91. The van der Waals surface area contributed by atoms with Gasteiger partial charge >= 0.3 is 12.1 Å². The number of allylic oxidation sites excluding steroid dienone is 7. The molecule has 1 aromatic heterocycles. The summed E-state index contributed by atoms with van der Waals surface area (Å²) in [5.74, 6) is 1.06. The molecular formula is C52H75F3N4O5S. The van der Waals surface area contributed by atoms with Crippen LogP contribution < -0.4 is 10.1 Å². The first kappa shape index (κ1) is 48.3. The molecule has 0 bridgehead atoms. The van der Waals surface area contributed by atoms with Crippen molar-refractivity contribution in [3.8, 4) is 5.88 Å². The maximum Gasteiger partial charge on any atom is 0.433 e. The van der Waals surface area contributed by atoms with Crippen LogP contribution in [0.4, 0.5) is 13.2 Å². The minimum absolute atomic E-state index is 0.0197. The molecule has 4 saturated carbocycles. The summed E-state index contributed by atoms with van der Waals surface area (Å²) in [6.07, 6.45) is 16.3. The molecule has 1 aromatic rings. The highest BCUT2D eigenvalue weighted by Crippen LogP contribution is 2.80. The van der Waals surface area contributed by atoms with E-state index in [2.05, 4.69) is 87.4 Å². The summed E-state index contributed by atoms with van der Waals surface area (Å²) >= 11 is 0. The third-order valence-electron chi connectivity index (χ3n) is 20.1. The molecule has 1 aliphatic heterocycles. The van der Waals surface area contributed by atoms with Gasteiger partial charge < -0.3 is 20.1 Å².